The van der Waals surface area contributed by atoms with Gasteiger partial charge in [-0.25, -0.2) is 4.79 Å². The van der Waals surface area contributed by atoms with Crippen LogP contribution in [0.3, 0.4) is 0 Å². The van der Waals surface area contributed by atoms with Gasteiger partial charge in [0.25, 0.3) is 16.0 Å². The minimum atomic E-state index is -4.43. The number of hydrazone groups is 1. The smallest absolute Gasteiger partial charge is 0.357 e. The van der Waals surface area contributed by atoms with Crippen molar-refractivity contribution in [1.82, 2.24) is 0 Å². The summed E-state index contributed by atoms with van der Waals surface area (Å²) < 4.78 is 31.6. The fourth-order valence-electron chi connectivity index (χ4n) is 3.32. The largest absolute Gasteiger partial charge is 0.476 e. The van der Waals surface area contributed by atoms with E-state index in [1.165, 1.54) is 18.2 Å². The lowest BCUT2D eigenvalue weighted by atomic mass is 10.1. The number of hydrogen-bond donors (Lipinski definition) is 2. The van der Waals surface area contributed by atoms with Crippen molar-refractivity contribution in [3.63, 3.8) is 0 Å². The molecule has 1 amide bonds. The van der Waals surface area contributed by atoms with Crippen molar-refractivity contribution in [1.29, 1.82) is 10.5 Å². The summed E-state index contributed by atoms with van der Waals surface area (Å²) in [6.07, 6.45) is 1.94. The Morgan fingerprint density at radius 3 is 2.09 bits per heavy atom. The molecule has 1 aliphatic heterocycles. The second-order valence-corrected chi connectivity index (χ2v) is 8.71. The Hall–Kier alpha value is -4.52. The summed E-state index contributed by atoms with van der Waals surface area (Å²) in [4.78, 5) is 26.2. The van der Waals surface area contributed by atoms with Crippen molar-refractivity contribution in [3.8, 4) is 12.1 Å². The molecule has 2 aromatic carbocycles. The van der Waals surface area contributed by atoms with E-state index in [1.807, 2.05) is 4.90 Å². The summed E-state index contributed by atoms with van der Waals surface area (Å²) >= 11 is 0. The van der Waals surface area contributed by atoms with E-state index in [4.69, 9.17) is 15.1 Å². The highest BCUT2D eigenvalue weighted by molar-refractivity contribution is 7.85. The highest BCUT2D eigenvalue weighted by Crippen LogP contribution is 2.27. The number of hydrogen-bond acceptors (Lipinski definition) is 8. The van der Waals surface area contributed by atoms with Gasteiger partial charge in [-0.05, 0) is 48.0 Å². The summed E-state index contributed by atoms with van der Waals surface area (Å²) in [5, 5.41) is 32.0. The van der Waals surface area contributed by atoms with E-state index in [0.717, 1.165) is 22.8 Å². The summed E-state index contributed by atoms with van der Waals surface area (Å²) in [7, 11) is -4.43. The highest BCUT2D eigenvalue weighted by atomic mass is 32.2. The Morgan fingerprint density at radius 2 is 1.60 bits per heavy atom. The fraction of sp³-hybridized carbons (Fsp3) is 0.174. The van der Waals surface area contributed by atoms with E-state index in [9.17, 15) is 23.1 Å². The Kier molecular flexibility index (Phi) is 7.61. The average molecular weight is 494 g/mol. The van der Waals surface area contributed by atoms with E-state index in [-0.39, 0.29) is 29.0 Å². The van der Waals surface area contributed by atoms with Crippen LogP contribution >= 0.6 is 0 Å². The molecule has 1 heterocycles. The molecule has 0 unspecified atom stereocenters. The molecule has 0 bridgehead atoms. The van der Waals surface area contributed by atoms with Crippen LogP contribution in [0.4, 0.5) is 11.4 Å². The van der Waals surface area contributed by atoms with Crippen molar-refractivity contribution in [3.05, 3.63) is 59.7 Å². The van der Waals surface area contributed by atoms with Gasteiger partial charge in [0.2, 0.25) is 0 Å². The maximum absolute atomic E-state index is 13.0. The predicted octanol–water partition coefficient (Wildman–Crippen LogP) is 2.44. The lowest BCUT2D eigenvalue weighted by Gasteiger charge is -2.22. The van der Waals surface area contributed by atoms with Crippen LogP contribution in [-0.2, 0) is 19.7 Å². The van der Waals surface area contributed by atoms with Crippen LogP contribution < -0.4 is 9.91 Å². The number of anilines is 2. The molecule has 3 rings (SSSR count). The number of carboxylic acid groups (broad SMARTS) is 1. The zero-order valence-electron chi connectivity index (χ0n) is 18.2. The Morgan fingerprint density at radius 1 is 1.03 bits per heavy atom. The van der Waals surface area contributed by atoms with E-state index in [1.54, 1.807) is 24.3 Å². The lowest BCUT2D eigenvalue weighted by Crippen LogP contribution is -2.25. The third-order valence-corrected chi connectivity index (χ3v) is 5.88. The van der Waals surface area contributed by atoms with Gasteiger partial charge in [0.1, 0.15) is 0 Å². The quantitative estimate of drug-likeness (QED) is 0.392. The standard InChI is InChI=1S/C23H19N5O6S/c24-11-1-13-27(14-2-12-25)17-5-3-16(4-6-17)15-20-21(23(30)31)26-28(22(20)29)18-7-9-19(10-8-18)35(32,33)34/h3-10,15H,1-2,13-14H2,(H,30,31)(H,32,33,34). The number of amides is 1. The minimum absolute atomic E-state index is 0.116. The molecule has 0 aliphatic carbocycles. The molecule has 2 N–H and O–H groups in total. The molecule has 0 spiro atoms. The summed E-state index contributed by atoms with van der Waals surface area (Å²) in [5.74, 6) is -2.15. The number of carbonyl (C=O) groups is 2. The summed E-state index contributed by atoms with van der Waals surface area (Å²) in [6.45, 7) is 0.885. The normalized spacial score (nSPS) is 14.4. The average Bonchev–Trinajstić information content (AvgIpc) is 3.15. The molecule has 0 saturated heterocycles. The summed E-state index contributed by atoms with van der Waals surface area (Å²) in [5.41, 5.74) is 0.751. The van der Waals surface area contributed by atoms with Gasteiger partial charge < -0.3 is 10.0 Å². The Bertz CT molecular complexity index is 1370. The van der Waals surface area contributed by atoms with Gasteiger partial charge in [0, 0.05) is 18.8 Å². The van der Waals surface area contributed by atoms with Gasteiger partial charge in [-0.1, -0.05) is 12.1 Å². The van der Waals surface area contributed by atoms with Crippen molar-refractivity contribution in [2.24, 2.45) is 5.10 Å². The minimum Gasteiger partial charge on any atom is -0.476 e. The zero-order chi connectivity index (χ0) is 25.6. The number of carboxylic acids is 1. The van der Waals surface area contributed by atoms with E-state index in [2.05, 4.69) is 17.2 Å². The van der Waals surface area contributed by atoms with E-state index in [0.29, 0.717) is 18.7 Å². The second kappa shape index (κ2) is 10.6. The third-order valence-electron chi connectivity index (χ3n) is 5.02. The molecule has 12 heteroatoms. The topological polar surface area (TPSA) is 175 Å². The van der Waals surface area contributed by atoms with Gasteiger partial charge in [0.15, 0.2) is 5.71 Å². The maximum atomic E-state index is 13.0. The molecule has 35 heavy (non-hydrogen) atoms. The number of nitriles is 2. The molecule has 0 radical (unpaired) electrons. The fourth-order valence-corrected chi connectivity index (χ4v) is 3.81. The van der Waals surface area contributed by atoms with Gasteiger partial charge >= 0.3 is 5.97 Å². The first-order chi connectivity index (χ1) is 16.7. The van der Waals surface area contributed by atoms with Crippen LogP contribution in [0.25, 0.3) is 6.08 Å². The number of aliphatic carboxylic acids is 1. The number of benzene rings is 2. The molecule has 0 atom stereocenters. The van der Waals surface area contributed by atoms with Crippen LogP contribution in [0, 0.1) is 22.7 Å². The molecule has 0 saturated carbocycles. The molecular weight excluding hydrogens is 474 g/mol. The van der Waals surface area contributed by atoms with Gasteiger partial charge in [-0.15, -0.1) is 0 Å². The molecule has 0 aromatic heterocycles. The number of nitrogens with zero attached hydrogens (tertiary/aromatic N) is 5. The van der Waals surface area contributed by atoms with Crippen molar-refractivity contribution in [2.45, 2.75) is 17.7 Å². The Labute approximate surface area is 201 Å². The Balaban J connectivity index is 1.89. The summed E-state index contributed by atoms with van der Waals surface area (Å²) in [6, 6.07) is 15.5. The van der Waals surface area contributed by atoms with Crippen molar-refractivity contribution in [2.75, 3.05) is 23.0 Å². The molecule has 0 fully saturated rings. The molecule has 1 aliphatic rings. The lowest BCUT2D eigenvalue weighted by molar-refractivity contribution is -0.129. The SMILES string of the molecule is N#CCCN(CCC#N)c1ccc(C=C2C(=O)N(c3ccc(S(=O)(=O)O)cc3)N=C2C(=O)O)cc1. The molecular formula is C23H19N5O6S. The van der Waals surface area contributed by atoms with Crippen molar-refractivity contribution >= 4 is 45.2 Å². The first-order valence-corrected chi connectivity index (χ1v) is 11.6. The maximum Gasteiger partial charge on any atom is 0.357 e. The van der Waals surface area contributed by atoms with Crippen LogP contribution in [-0.4, -0.2) is 48.8 Å². The number of rotatable bonds is 9. The predicted molar refractivity (Wildman–Crippen MR) is 126 cm³/mol. The zero-order valence-corrected chi connectivity index (χ0v) is 19.0. The van der Waals surface area contributed by atoms with E-state index >= 15 is 0 Å². The van der Waals surface area contributed by atoms with Crippen molar-refractivity contribution < 1.29 is 27.7 Å². The first-order valence-electron chi connectivity index (χ1n) is 10.2. The monoisotopic (exact) mass is 493 g/mol. The van der Waals surface area contributed by atoms with Crippen LogP contribution in [0.2, 0.25) is 0 Å². The van der Waals surface area contributed by atoms with Gasteiger partial charge in [0.05, 0.1) is 41.1 Å². The third kappa shape index (κ3) is 5.89. The highest BCUT2D eigenvalue weighted by Gasteiger charge is 2.35. The van der Waals surface area contributed by atoms with Gasteiger partial charge in [-0.2, -0.15) is 29.1 Å². The second-order valence-electron chi connectivity index (χ2n) is 7.29. The van der Waals surface area contributed by atoms with Crippen LogP contribution in [0.5, 0.6) is 0 Å². The molecule has 2 aromatic rings. The molecule has 11 nitrogen and oxygen atoms in total. The van der Waals surface area contributed by atoms with E-state index < -0.39 is 27.7 Å². The molecule has 178 valence electrons. The van der Waals surface area contributed by atoms with Crippen LogP contribution in [0.1, 0.15) is 18.4 Å². The number of carbonyl (C=O) groups excluding carboxylic acids is 1. The van der Waals surface area contributed by atoms with Crippen LogP contribution in [0.15, 0.2) is 64.1 Å². The van der Waals surface area contributed by atoms with Gasteiger partial charge in [-0.3, -0.25) is 9.35 Å². The first kappa shape index (κ1) is 25.1.